The van der Waals surface area contributed by atoms with Crippen LogP contribution in [0.1, 0.15) is 27.7 Å². The summed E-state index contributed by atoms with van der Waals surface area (Å²) in [5, 5.41) is 8.82. The highest BCUT2D eigenvalue weighted by Gasteiger charge is 2.21. The van der Waals surface area contributed by atoms with Gasteiger partial charge >= 0.3 is 5.97 Å². The molecule has 0 aromatic heterocycles. The zero-order chi connectivity index (χ0) is 16.6. The number of hydrogen-bond donors (Lipinski definition) is 2. The van der Waals surface area contributed by atoms with Crippen molar-refractivity contribution >= 4 is 17.8 Å². The molecule has 0 bridgehead atoms. The molecule has 0 rings (SSSR count). The van der Waals surface area contributed by atoms with E-state index < -0.39 is 11.9 Å². The fourth-order valence-electron chi connectivity index (χ4n) is 2.03. The van der Waals surface area contributed by atoms with Gasteiger partial charge in [0.25, 0.3) is 0 Å². The van der Waals surface area contributed by atoms with Gasteiger partial charge in [0, 0.05) is 13.1 Å². The van der Waals surface area contributed by atoms with Crippen molar-refractivity contribution in [2.24, 2.45) is 17.6 Å². The monoisotopic (exact) mass is 301 g/mol. The van der Waals surface area contributed by atoms with Gasteiger partial charge in [0.1, 0.15) is 0 Å². The van der Waals surface area contributed by atoms with Gasteiger partial charge in [-0.1, -0.05) is 27.7 Å². The average molecular weight is 301 g/mol. The van der Waals surface area contributed by atoms with E-state index in [2.05, 4.69) is 0 Å². The number of hydrogen-bond acceptors (Lipinski definition) is 4. The van der Waals surface area contributed by atoms with Crippen molar-refractivity contribution in [3.63, 3.8) is 0 Å². The Balaban J connectivity index is 4.78. The summed E-state index contributed by atoms with van der Waals surface area (Å²) in [6.45, 7) is 8.52. The average Bonchev–Trinajstić information content (AvgIpc) is 2.24. The Kier molecular flexibility index (Phi) is 8.61. The van der Waals surface area contributed by atoms with Crippen LogP contribution in [0.5, 0.6) is 0 Å². The van der Waals surface area contributed by atoms with Crippen LogP contribution in [0.3, 0.4) is 0 Å². The highest BCUT2D eigenvalue weighted by Crippen LogP contribution is 2.05. The lowest BCUT2D eigenvalue weighted by molar-refractivity contribution is -0.140. The third-order valence-electron chi connectivity index (χ3n) is 2.62. The Labute approximate surface area is 126 Å². The van der Waals surface area contributed by atoms with Crippen LogP contribution in [-0.2, 0) is 14.4 Å². The number of rotatable bonds is 10. The first-order valence-corrected chi connectivity index (χ1v) is 7.12. The molecular weight excluding hydrogens is 274 g/mol. The molecule has 7 heteroatoms. The van der Waals surface area contributed by atoms with Crippen LogP contribution in [0.25, 0.3) is 0 Å². The largest absolute Gasteiger partial charge is 0.480 e. The topological polar surface area (TPSA) is 104 Å². The molecule has 7 nitrogen and oxygen atoms in total. The smallest absolute Gasteiger partial charge is 0.317 e. The SMILES string of the molecule is CC(C)CN(CC(C)C)C(=O)CN(CC(N)=O)CC(=O)O. The molecule has 0 saturated heterocycles. The number of carbonyl (C=O) groups excluding carboxylic acids is 2. The highest BCUT2D eigenvalue weighted by atomic mass is 16.4. The standard InChI is InChI=1S/C14H27N3O4/c1-10(2)5-17(6-11(3)4)13(19)8-16(7-12(15)18)9-14(20)21/h10-11H,5-9H2,1-4H3,(H2,15,18)(H,20,21). The highest BCUT2D eigenvalue weighted by molar-refractivity contribution is 5.81. The van der Waals surface area contributed by atoms with Crippen molar-refractivity contribution in [1.29, 1.82) is 0 Å². The molecule has 122 valence electrons. The summed E-state index contributed by atoms with van der Waals surface area (Å²) < 4.78 is 0. The number of aliphatic carboxylic acids is 1. The lowest BCUT2D eigenvalue weighted by Gasteiger charge is -2.29. The Morgan fingerprint density at radius 2 is 1.43 bits per heavy atom. The Hall–Kier alpha value is -1.63. The van der Waals surface area contributed by atoms with Crippen LogP contribution in [0, 0.1) is 11.8 Å². The summed E-state index contributed by atoms with van der Waals surface area (Å²) in [7, 11) is 0. The van der Waals surface area contributed by atoms with Gasteiger partial charge in [0.15, 0.2) is 0 Å². The number of nitrogens with two attached hydrogens (primary N) is 1. The molecule has 3 N–H and O–H groups in total. The van der Waals surface area contributed by atoms with Crippen molar-refractivity contribution in [1.82, 2.24) is 9.80 Å². The van der Waals surface area contributed by atoms with Gasteiger partial charge in [-0.25, -0.2) is 0 Å². The molecule has 21 heavy (non-hydrogen) atoms. The maximum atomic E-state index is 12.3. The minimum atomic E-state index is -1.09. The second kappa shape index (κ2) is 9.33. The number of amides is 2. The molecule has 0 aromatic rings. The second-order valence-corrected chi connectivity index (χ2v) is 6.09. The molecule has 0 unspecified atom stereocenters. The van der Waals surface area contributed by atoms with E-state index in [0.29, 0.717) is 24.9 Å². The molecule has 0 fully saturated rings. The summed E-state index contributed by atoms with van der Waals surface area (Å²) in [5.74, 6) is -1.29. The van der Waals surface area contributed by atoms with E-state index in [0.717, 1.165) is 0 Å². The van der Waals surface area contributed by atoms with Crippen LogP contribution in [-0.4, -0.2) is 65.4 Å². The summed E-state index contributed by atoms with van der Waals surface area (Å²) in [5.41, 5.74) is 5.08. The van der Waals surface area contributed by atoms with Gasteiger partial charge in [-0.15, -0.1) is 0 Å². The molecule has 0 atom stereocenters. The summed E-state index contributed by atoms with van der Waals surface area (Å²) in [4.78, 5) is 37.0. The lowest BCUT2D eigenvalue weighted by atomic mass is 10.1. The van der Waals surface area contributed by atoms with Crippen LogP contribution >= 0.6 is 0 Å². The van der Waals surface area contributed by atoms with Crippen molar-refractivity contribution in [3.05, 3.63) is 0 Å². The first-order chi connectivity index (χ1) is 9.61. The van der Waals surface area contributed by atoms with Crippen LogP contribution < -0.4 is 5.73 Å². The van der Waals surface area contributed by atoms with E-state index in [1.807, 2.05) is 27.7 Å². The zero-order valence-electron chi connectivity index (χ0n) is 13.3. The van der Waals surface area contributed by atoms with E-state index in [1.165, 1.54) is 4.90 Å². The number of carboxylic acid groups (broad SMARTS) is 1. The van der Waals surface area contributed by atoms with Gasteiger partial charge in [-0.05, 0) is 11.8 Å². The molecule has 0 aromatic carbocycles. The molecule has 0 heterocycles. The van der Waals surface area contributed by atoms with E-state index in [4.69, 9.17) is 10.8 Å². The first kappa shape index (κ1) is 19.4. The minimum absolute atomic E-state index is 0.116. The summed E-state index contributed by atoms with van der Waals surface area (Å²) in [6.07, 6.45) is 0. The third kappa shape index (κ3) is 9.84. The molecule has 0 radical (unpaired) electrons. The quantitative estimate of drug-likeness (QED) is 0.591. The summed E-state index contributed by atoms with van der Waals surface area (Å²) in [6, 6.07) is 0. The van der Waals surface area contributed by atoms with Gasteiger partial charge < -0.3 is 15.7 Å². The number of carboxylic acids is 1. The van der Waals surface area contributed by atoms with Gasteiger partial charge in [0.2, 0.25) is 11.8 Å². The molecule has 0 aliphatic rings. The summed E-state index contributed by atoms with van der Waals surface area (Å²) >= 11 is 0. The fourth-order valence-corrected chi connectivity index (χ4v) is 2.03. The first-order valence-electron chi connectivity index (χ1n) is 7.12. The normalized spacial score (nSPS) is 11.2. The van der Waals surface area contributed by atoms with Gasteiger partial charge in [-0.3, -0.25) is 19.3 Å². The maximum absolute atomic E-state index is 12.3. The molecular formula is C14H27N3O4. The number of nitrogens with zero attached hydrogens (tertiary/aromatic N) is 2. The van der Waals surface area contributed by atoms with E-state index in [1.54, 1.807) is 4.90 Å². The van der Waals surface area contributed by atoms with Gasteiger partial charge in [0.05, 0.1) is 19.6 Å². The minimum Gasteiger partial charge on any atom is -0.480 e. The van der Waals surface area contributed by atoms with Crippen molar-refractivity contribution in [2.75, 3.05) is 32.7 Å². The van der Waals surface area contributed by atoms with E-state index >= 15 is 0 Å². The van der Waals surface area contributed by atoms with Gasteiger partial charge in [-0.2, -0.15) is 0 Å². The number of carbonyl (C=O) groups is 3. The fraction of sp³-hybridized carbons (Fsp3) is 0.786. The van der Waals surface area contributed by atoms with Crippen molar-refractivity contribution in [3.8, 4) is 0 Å². The predicted molar refractivity (Wildman–Crippen MR) is 79.5 cm³/mol. The maximum Gasteiger partial charge on any atom is 0.317 e. The van der Waals surface area contributed by atoms with E-state index in [-0.39, 0.29) is 25.5 Å². The van der Waals surface area contributed by atoms with Crippen LogP contribution in [0.15, 0.2) is 0 Å². The Morgan fingerprint density at radius 3 is 1.76 bits per heavy atom. The van der Waals surface area contributed by atoms with Crippen molar-refractivity contribution < 1.29 is 19.5 Å². The van der Waals surface area contributed by atoms with Crippen molar-refractivity contribution in [2.45, 2.75) is 27.7 Å². The Morgan fingerprint density at radius 1 is 0.952 bits per heavy atom. The predicted octanol–water partition coefficient (Wildman–Crippen LogP) is -0.00110. The lowest BCUT2D eigenvalue weighted by Crippen LogP contribution is -2.46. The Bertz CT molecular complexity index is 343. The van der Waals surface area contributed by atoms with E-state index in [9.17, 15) is 14.4 Å². The zero-order valence-corrected chi connectivity index (χ0v) is 13.3. The molecule has 0 aliphatic heterocycles. The molecule has 0 aliphatic carbocycles. The van der Waals surface area contributed by atoms with Crippen LogP contribution in [0.2, 0.25) is 0 Å². The molecule has 0 saturated carbocycles. The molecule has 2 amide bonds. The van der Waals surface area contributed by atoms with Crippen LogP contribution in [0.4, 0.5) is 0 Å². The number of primary amides is 1. The third-order valence-corrected chi connectivity index (χ3v) is 2.62. The second-order valence-electron chi connectivity index (χ2n) is 6.09. The molecule has 0 spiro atoms.